The monoisotopic (exact) mass is 896 g/mol. The number of carbonyl (C=O) groups is 7. The van der Waals surface area contributed by atoms with Crippen molar-refractivity contribution in [2.75, 3.05) is 59.4 Å². The minimum absolute atomic E-state index is 0. The molecule has 0 aromatic carbocycles. The average Bonchev–Trinajstić information content (AvgIpc) is 3.38. The molecule has 1 fully saturated rings. The Balaban J connectivity index is 0. The third-order valence-corrected chi connectivity index (χ3v) is 6.19. The Morgan fingerprint density at radius 1 is 0.837 bits per heavy atom. The smallest absolute Gasteiger partial charge is 0.245 e. The van der Waals surface area contributed by atoms with Crippen LogP contribution in [0.4, 0.5) is 0 Å². The van der Waals surface area contributed by atoms with Crippen LogP contribution >= 0.6 is 0 Å². The number of nitrogens with zero attached hydrogens (tertiary/aromatic N) is 2. The second-order valence-electron chi connectivity index (χ2n) is 10.1. The van der Waals surface area contributed by atoms with Gasteiger partial charge in [0.25, 0.3) is 0 Å². The summed E-state index contributed by atoms with van der Waals surface area (Å²) in [6, 6.07) is -1.43. The molecular formula is C26H44Gd2N8O7-2. The number of nitrogens with one attached hydrogen (secondary N) is 6. The van der Waals surface area contributed by atoms with Crippen LogP contribution in [-0.4, -0.2) is 123 Å². The zero-order valence-electron chi connectivity index (χ0n) is 24.9. The predicted molar refractivity (Wildman–Crippen MR) is 149 cm³/mol. The van der Waals surface area contributed by atoms with Crippen LogP contribution in [0.1, 0.15) is 33.1 Å². The number of likely N-dealkylation sites (tertiary alicyclic amines) is 1. The van der Waals surface area contributed by atoms with E-state index in [1.54, 1.807) is 4.90 Å². The maximum atomic E-state index is 13.2. The van der Waals surface area contributed by atoms with E-state index in [-0.39, 0.29) is 124 Å². The van der Waals surface area contributed by atoms with Crippen molar-refractivity contribution in [1.82, 2.24) is 41.7 Å². The molecule has 1 saturated heterocycles. The van der Waals surface area contributed by atoms with Gasteiger partial charge in [-0.1, -0.05) is 13.8 Å². The molecule has 0 saturated carbocycles. The fourth-order valence-corrected chi connectivity index (χ4v) is 4.26. The molecule has 0 aromatic rings. The van der Waals surface area contributed by atoms with E-state index >= 15 is 0 Å². The summed E-state index contributed by atoms with van der Waals surface area (Å²) < 4.78 is 0. The van der Waals surface area contributed by atoms with E-state index in [9.17, 15) is 33.6 Å². The summed E-state index contributed by atoms with van der Waals surface area (Å²) >= 11 is 0. The van der Waals surface area contributed by atoms with E-state index in [0.29, 0.717) is 38.9 Å². The molecule has 2 atom stereocenters. The zero-order chi connectivity index (χ0) is 30.9. The van der Waals surface area contributed by atoms with Gasteiger partial charge >= 0.3 is 0 Å². The van der Waals surface area contributed by atoms with E-state index in [1.807, 2.05) is 13.8 Å². The van der Waals surface area contributed by atoms with Gasteiger partial charge in [0.05, 0.1) is 31.4 Å². The quantitative estimate of drug-likeness (QED) is 0.0817. The molecule has 6 N–H and O–H groups in total. The Morgan fingerprint density at radius 3 is 1.88 bits per heavy atom. The van der Waals surface area contributed by atoms with E-state index in [0.717, 1.165) is 0 Å². The average molecular weight is 895 g/mol. The summed E-state index contributed by atoms with van der Waals surface area (Å²) in [6.45, 7) is 10.8. The minimum atomic E-state index is -0.850. The molecule has 7 amide bonds. The second-order valence-corrected chi connectivity index (χ2v) is 10.1. The minimum Gasteiger partial charge on any atom is -0.380 e. The van der Waals surface area contributed by atoms with E-state index < -0.39 is 48.2 Å². The maximum Gasteiger partial charge on any atom is 0.245 e. The van der Waals surface area contributed by atoms with Crippen LogP contribution in [0.5, 0.6) is 0 Å². The number of amides is 7. The standard InChI is InChI=1S/C26H44N8O7.2Gd/c1-17(2)13-20(26(41)34-10-6-7-21(34)25(40)27-5)32-23(38)15-30-22(37)14-31-24(39)16-33(11-8-28-18(3)35)12-9-29-19(4)36;;/h17,20-21H,3-4,6-16H2,1-2,5H3,(H,27,40)(H,28,35)(H,29,36)(H,30,37)(H,31,39)(H,32,38);;/q-2;;/t20-,21-;;/m0../s1. The Labute approximate surface area is 317 Å². The normalized spacial score (nSPS) is 14.4. The van der Waals surface area contributed by atoms with Crippen LogP contribution in [-0.2, 0) is 33.6 Å². The van der Waals surface area contributed by atoms with Crippen LogP contribution < -0.4 is 31.9 Å². The van der Waals surface area contributed by atoms with Gasteiger partial charge in [-0.15, -0.1) is 0 Å². The summed E-state index contributed by atoms with van der Waals surface area (Å²) in [7, 11) is 1.51. The van der Waals surface area contributed by atoms with Gasteiger partial charge in [0.1, 0.15) is 12.1 Å². The van der Waals surface area contributed by atoms with Crippen molar-refractivity contribution in [1.29, 1.82) is 0 Å². The van der Waals surface area contributed by atoms with Crippen LogP contribution in [0.25, 0.3) is 0 Å². The summed E-state index contributed by atoms with van der Waals surface area (Å²) in [5.41, 5.74) is 0. The molecule has 15 nitrogen and oxygen atoms in total. The molecule has 0 unspecified atom stereocenters. The molecule has 43 heavy (non-hydrogen) atoms. The summed E-state index contributed by atoms with van der Waals surface area (Å²) in [5.74, 6) is -3.12. The molecule has 0 bridgehead atoms. The zero-order valence-corrected chi connectivity index (χ0v) is 29.4. The third kappa shape index (κ3) is 18.9. The molecule has 17 heteroatoms. The first kappa shape index (κ1) is 43.8. The van der Waals surface area contributed by atoms with Crippen molar-refractivity contribution in [3.8, 4) is 0 Å². The molecule has 1 heterocycles. The van der Waals surface area contributed by atoms with E-state index in [1.165, 1.54) is 11.9 Å². The van der Waals surface area contributed by atoms with Gasteiger partial charge in [-0.25, -0.2) is 0 Å². The van der Waals surface area contributed by atoms with Crippen molar-refractivity contribution in [3.05, 3.63) is 13.8 Å². The van der Waals surface area contributed by atoms with Gasteiger partial charge in [0.2, 0.25) is 29.5 Å². The van der Waals surface area contributed by atoms with Crippen molar-refractivity contribution >= 4 is 41.4 Å². The summed E-state index contributed by atoms with van der Waals surface area (Å²) in [6.07, 6.45) is 1.59. The maximum absolute atomic E-state index is 13.2. The molecule has 1 aliphatic rings. The summed E-state index contributed by atoms with van der Waals surface area (Å²) in [4.78, 5) is 87.7. The van der Waals surface area contributed by atoms with Crippen molar-refractivity contribution in [2.45, 2.75) is 45.2 Å². The van der Waals surface area contributed by atoms with E-state index in [4.69, 9.17) is 0 Å². The number of hydrogen-bond donors (Lipinski definition) is 6. The van der Waals surface area contributed by atoms with Gasteiger partial charge in [-0.3, -0.25) is 28.9 Å². The molecule has 0 aromatic heterocycles. The molecule has 248 valence electrons. The number of rotatable bonds is 17. The second kappa shape index (κ2) is 23.9. The summed E-state index contributed by atoms with van der Waals surface area (Å²) in [5, 5.41) is 15.1. The van der Waals surface area contributed by atoms with Crippen molar-refractivity contribution in [3.63, 3.8) is 0 Å². The Hall–Kier alpha value is -1.36. The van der Waals surface area contributed by atoms with Crippen molar-refractivity contribution in [2.24, 2.45) is 5.92 Å². The van der Waals surface area contributed by atoms with Gasteiger partial charge in [0, 0.05) is 120 Å². The van der Waals surface area contributed by atoms with Gasteiger partial charge in [-0.05, 0) is 25.2 Å². The fourth-order valence-electron chi connectivity index (χ4n) is 4.26. The number of hydrogen-bond acceptors (Lipinski definition) is 8. The molecule has 1 rings (SSSR count). The number of carbonyl (C=O) groups excluding carboxylic acids is 7. The van der Waals surface area contributed by atoms with Gasteiger partial charge in [0.15, 0.2) is 0 Å². The van der Waals surface area contributed by atoms with Crippen molar-refractivity contribution < 1.29 is 113 Å². The topological polar surface area (TPSA) is 198 Å². The largest absolute Gasteiger partial charge is 0.380 e. The molecule has 1 aliphatic heterocycles. The third-order valence-electron chi connectivity index (χ3n) is 6.19. The first-order chi connectivity index (χ1) is 19.3. The van der Waals surface area contributed by atoms with Crippen LogP contribution in [0, 0.1) is 99.6 Å². The van der Waals surface area contributed by atoms with Crippen LogP contribution in [0.3, 0.4) is 0 Å². The van der Waals surface area contributed by atoms with Gasteiger partial charge < -0.3 is 60.2 Å². The van der Waals surface area contributed by atoms with Crippen LogP contribution in [0.2, 0.25) is 0 Å². The molecular weight excluding hydrogens is 851 g/mol. The predicted octanol–water partition coefficient (Wildman–Crippen LogP) is -3.31. The molecule has 0 radical (unpaired) electrons. The SMILES string of the molecule is [CH2-]C(=O)NCCN(CCNC([CH2-])=O)CC(=O)NCC(=O)NCC(=O)N[C@@H](CC(C)C)C(=O)N1CCC[C@H]1C(=O)NC.[Gd].[Gd]. The Bertz CT molecular complexity index is 934. The Morgan fingerprint density at radius 2 is 1.37 bits per heavy atom. The number of likely N-dealkylation sites (N-methyl/N-ethyl adjacent to an activating group) is 1. The first-order valence-corrected chi connectivity index (χ1v) is 13.6. The Kier molecular flexibility index (Phi) is 24.4. The molecule has 0 aliphatic carbocycles. The first-order valence-electron chi connectivity index (χ1n) is 13.6. The van der Waals surface area contributed by atoms with Gasteiger partial charge in [-0.2, -0.15) is 0 Å². The van der Waals surface area contributed by atoms with Crippen LogP contribution in [0.15, 0.2) is 0 Å². The molecule has 0 spiro atoms. The van der Waals surface area contributed by atoms with E-state index in [2.05, 4.69) is 45.7 Å². The fraction of sp³-hybridized carbons (Fsp3) is 0.654.